The van der Waals surface area contributed by atoms with Gasteiger partial charge < -0.3 is 29.6 Å². The minimum atomic E-state index is -0.0451. The van der Waals surface area contributed by atoms with Crippen molar-refractivity contribution in [3.63, 3.8) is 0 Å². The normalized spacial score (nSPS) is 17.9. The highest BCUT2D eigenvalue weighted by atomic mass is 16.7. The van der Waals surface area contributed by atoms with Crippen molar-refractivity contribution in [3.8, 4) is 11.5 Å². The zero-order valence-electron chi connectivity index (χ0n) is 17.8. The lowest BCUT2D eigenvalue weighted by atomic mass is 9.74. The molecule has 0 aliphatic carbocycles. The predicted octanol–water partition coefficient (Wildman–Crippen LogP) is 2.84. The molecule has 2 N–H and O–H groups in total. The Morgan fingerprint density at radius 1 is 1.10 bits per heavy atom. The highest BCUT2D eigenvalue weighted by Gasteiger charge is 2.35. The van der Waals surface area contributed by atoms with Gasteiger partial charge in [-0.15, -0.1) is 0 Å². The molecule has 0 bridgehead atoms. The Morgan fingerprint density at radius 3 is 2.72 bits per heavy atom. The zero-order valence-corrected chi connectivity index (χ0v) is 17.8. The topological polar surface area (TPSA) is 73.3 Å². The van der Waals surface area contributed by atoms with Crippen molar-refractivity contribution in [2.75, 3.05) is 52.9 Å². The van der Waals surface area contributed by atoms with Gasteiger partial charge in [-0.1, -0.05) is 6.07 Å². The number of guanidine groups is 1. The summed E-state index contributed by atoms with van der Waals surface area (Å²) in [6.45, 7) is 9.97. The van der Waals surface area contributed by atoms with Gasteiger partial charge in [-0.3, -0.25) is 4.99 Å². The Morgan fingerprint density at radius 2 is 1.93 bits per heavy atom. The summed E-state index contributed by atoms with van der Waals surface area (Å²) in [5, 5.41) is 6.82. The largest absolute Gasteiger partial charge is 0.454 e. The van der Waals surface area contributed by atoms with Crippen LogP contribution in [0.1, 0.15) is 45.1 Å². The summed E-state index contributed by atoms with van der Waals surface area (Å²) in [6, 6.07) is 6.29. The third kappa shape index (κ3) is 6.00. The number of aliphatic imine (C=N–C) groups is 1. The van der Waals surface area contributed by atoms with Crippen molar-refractivity contribution in [2.24, 2.45) is 4.99 Å². The van der Waals surface area contributed by atoms with Crippen LogP contribution >= 0.6 is 0 Å². The van der Waals surface area contributed by atoms with Crippen LogP contribution in [0.3, 0.4) is 0 Å². The monoisotopic (exact) mass is 405 g/mol. The summed E-state index contributed by atoms with van der Waals surface area (Å²) in [6.07, 6.45) is 4.01. The summed E-state index contributed by atoms with van der Waals surface area (Å²) >= 11 is 0. The van der Waals surface area contributed by atoms with Gasteiger partial charge in [0.25, 0.3) is 0 Å². The van der Waals surface area contributed by atoms with Gasteiger partial charge >= 0.3 is 0 Å². The van der Waals surface area contributed by atoms with E-state index in [0.29, 0.717) is 13.3 Å². The van der Waals surface area contributed by atoms with Gasteiger partial charge in [-0.2, -0.15) is 0 Å². The molecule has 0 aromatic heterocycles. The fraction of sp³-hybridized carbons (Fsp3) is 0.682. The minimum Gasteiger partial charge on any atom is -0.454 e. The maximum Gasteiger partial charge on any atom is 0.231 e. The number of hydrogen-bond donors (Lipinski definition) is 2. The highest BCUT2D eigenvalue weighted by molar-refractivity contribution is 5.79. The average molecular weight is 406 g/mol. The van der Waals surface area contributed by atoms with Crippen molar-refractivity contribution in [2.45, 2.75) is 44.9 Å². The zero-order chi connectivity index (χ0) is 20.4. The van der Waals surface area contributed by atoms with Crippen LogP contribution in [0.2, 0.25) is 0 Å². The highest BCUT2D eigenvalue weighted by Crippen LogP contribution is 2.41. The Labute approximate surface area is 174 Å². The quantitative estimate of drug-likeness (QED) is 0.354. The van der Waals surface area contributed by atoms with E-state index in [0.717, 1.165) is 82.7 Å². The first kappa shape index (κ1) is 21.7. The Balaban J connectivity index is 1.66. The van der Waals surface area contributed by atoms with Crippen molar-refractivity contribution in [3.05, 3.63) is 23.8 Å². The lowest BCUT2D eigenvalue weighted by molar-refractivity contribution is 0.0530. The second-order valence-electron chi connectivity index (χ2n) is 7.49. The van der Waals surface area contributed by atoms with E-state index < -0.39 is 0 Å². The third-order valence-electron chi connectivity index (χ3n) is 5.53. The van der Waals surface area contributed by atoms with Gasteiger partial charge in [0.15, 0.2) is 17.5 Å². The molecule has 7 heteroatoms. The molecule has 29 heavy (non-hydrogen) atoms. The molecular formula is C22H35N3O4. The number of hydrogen-bond acceptors (Lipinski definition) is 5. The van der Waals surface area contributed by atoms with Gasteiger partial charge in [-0.05, 0) is 57.2 Å². The maximum atomic E-state index is 5.66. The van der Waals surface area contributed by atoms with Crippen LogP contribution < -0.4 is 20.1 Å². The molecule has 0 unspecified atom stereocenters. The van der Waals surface area contributed by atoms with E-state index in [2.05, 4.69) is 29.7 Å². The van der Waals surface area contributed by atoms with Gasteiger partial charge in [-0.25, -0.2) is 0 Å². The Hall–Kier alpha value is -1.99. The van der Waals surface area contributed by atoms with E-state index in [-0.39, 0.29) is 5.41 Å². The van der Waals surface area contributed by atoms with Crippen LogP contribution in [0.25, 0.3) is 0 Å². The minimum absolute atomic E-state index is 0.0451. The Bertz CT molecular complexity index is 659. The first-order valence-corrected chi connectivity index (χ1v) is 10.9. The molecule has 0 saturated carbocycles. The van der Waals surface area contributed by atoms with E-state index >= 15 is 0 Å². The Kier molecular flexibility index (Phi) is 8.43. The molecule has 1 fully saturated rings. The molecule has 2 aliphatic heterocycles. The van der Waals surface area contributed by atoms with Gasteiger partial charge in [0, 0.05) is 44.9 Å². The summed E-state index contributed by atoms with van der Waals surface area (Å²) in [5.41, 5.74) is 1.21. The van der Waals surface area contributed by atoms with E-state index in [1.54, 1.807) is 0 Å². The molecule has 1 saturated heterocycles. The van der Waals surface area contributed by atoms with Crippen LogP contribution in [-0.4, -0.2) is 58.8 Å². The fourth-order valence-corrected chi connectivity index (χ4v) is 3.78. The second-order valence-corrected chi connectivity index (χ2v) is 7.49. The van der Waals surface area contributed by atoms with Crippen LogP contribution in [-0.2, 0) is 14.9 Å². The first-order valence-electron chi connectivity index (χ1n) is 10.9. The van der Waals surface area contributed by atoms with Crippen LogP contribution in [0.4, 0.5) is 0 Å². The van der Waals surface area contributed by atoms with Crippen molar-refractivity contribution >= 4 is 5.96 Å². The molecular weight excluding hydrogens is 370 g/mol. The SMILES string of the molecule is CCNC(=NCC1(c2ccc3c(c2)OCO3)CCOCC1)NCCCCOCC. The molecule has 162 valence electrons. The molecule has 1 aromatic rings. The lowest BCUT2D eigenvalue weighted by Gasteiger charge is -2.36. The molecule has 0 amide bonds. The summed E-state index contributed by atoms with van der Waals surface area (Å²) in [7, 11) is 0. The molecule has 0 atom stereocenters. The second kappa shape index (κ2) is 11.3. The van der Waals surface area contributed by atoms with Crippen LogP contribution in [0.15, 0.2) is 23.2 Å². The molecule has 0 radical (unpaired) electrons. The molecule has 7 nitrogen and oxygen atoms in total. The van der Waals surface area contributed by atoms with E-state index in [1.165, 1.54) is 5.56 Å². The smallest absolute Gasteiger partial charge is 0.231 e. The van der Waals surface area contributed by atoms with E-state index in [9.17, 15) is 0 Å². The number of fused-ring (bicyclic) bond motifs is 1. The maximum absolute atomic E-state index is 5.66. The van der Waals surface area contributed by atoms with Crippen molar-refractivity contribution < 1.29 is 18.9 Å². The molecule has 2 heterocycles. The van der Waals surface area contributed by atoms with Gasteiger partial charge in [0.1, 0.15) is 0 Å². The number of ether oxygens (including phenoxy) is 4. The fourth-order valence-electron chi connectivity index (χ4n) is 3.78. The van der Waals surface area contributed by atoms with Crippen molar-refractivity contribution in [1.82, 2.24) is 10.6 Å². The van der Waals surface area contributed by atoms with Crippen molar-refractivity contribution in [1.29, 1.82) is 0 Å². The molecule has 3 rings (SSSR count). The lowest BCUT2D eigenvalue weighted by Crippen LogP contribution is -2.41. The van der Waals surface area contributed by atoms with Crippen LogP contribution in [0.5, 0.6) is 11.5 Å². The van der Waals surface area contributed by atoms with Gasteiger partial charge in [0.2, 0.25) is 6.79 Å². The third-order valence-corrected chi connectivity index (χ3v) is 5.53. The first-order chi connectivity index (χ1) is 14.3. The average Bonchev–Trinajstić information content (AvgIpc) is 3.23. The number of nitrogens with one attached hydrogen (secondary N) is 2. The summed E-state index contributed by atoms with van der Waals surface area (Å²) in [4.78, 5) is 4.95. The van der Waals surface area contributed by atoms with E-state index in [1.807, 2.05) is 13.0 Å². The molecule has 0 spiro atoms. The summed E-state index contributed by atoms with van der Waals surface area (Å²) in [5.74, 6) is 2.52. The molecule has 1 aromatic carbocycles. The number of benzene rings is 1. The number of rotatable bonds is 10. The predicted molar refractivity (Wildman–Crippen MR) is 114 cm³/mol. The number of nitrogens with zero attached hydrogens (tertiary/aromatic N) is 1. The standard InChI is InChI=1S/C22H35N3O4/c1-3-23-21(24-11-5-6-12-26-4-2)25-16-22(9-13-27-14-10-22)18-7-8-19-20(15-18)29-17-28-19/h7-8,15H,3-6,9-14,16-17H2,1-2H3,(H2,23,24,25). The van der Waals surface area contributed by atoms with Gasteiger partial charge in [0.05, 0.1) is 6.54 Å². The van der Waals surface area contributed by atoms with Crippen LogP contribution in [0, 0.1) is 0 Å². The van der Waals surface area contributed by atoms with E-state index in [4.69, 9.17) is 23.9 Å². The number of unbranched alkanes of at least 4 members (excludes halogenated alkanes) is 1. The molecule has 2 aliphatic rings. The summed E-state index contributed by atoms with van der Waals surface area (Å²) < 4.78 is 22.1.